The molecule has 0 spiro atoms. The van der Waals surface area contributed by atoms with Gasteiger partial charge in [-0.1, -0.05) is 19.9 Å². The maximum absolute atomic E-state index is 12.2. The number of Topliss-reactive ketones (excluding diaryl/α,β-unsaturated/α-hetero) is 1. The van der Waals surface area contributed by atoms with Crippen molar-refractivity contribution in [3.63, 3.8) is 0 Å². The predicted molar refractivity (Wildman–Crippen MR) is 113 cm³/mol. The summed E-state index contributed by atoms with van der Waals surface area (Å²) < 4.78 is 10.8. The Kier molecular flexibility index (Phi) is 9.74. The number of ketones is 1. The third-order valence-corrected chi connectivity index (χ3v) is 5.40. The monoisotopic (exact) mass is 404 g/mol. The lowest BCUT2D eigenvalue weighted by Gasteiger charge is -2.28. The van der Waals surface area contributed by atoms with Gasteiger partial charge in [0.1, 0.15) is 11.5 Å². The van der Waals surface area contributed by atoms with E-state index in [1.54, 1.807) is 6.07 Å². The summed E-state index contributed by atoms with van der Waals surface area (Å²) in [6.07, 6.45) is 5.93. The first-order chi connectivity index (χ1) is 13.9. The third-order valence-electron chi connectivity index (χ3n) is 5.40. The summed E-state index contributed by atoms with van der Waals surface area (Å²) in [5.41, 5.74) is 1.58. The molecule has 0 unspecified atom stereocenters. The molecule has 1 amide bonds. The molecular formula is C23H36N2O4. The highest BCUT2D eigenvalue weighted by Gasteiger charge is 2.28. The van der Waals surface area contributed by atoms with Crippen LogP contribution in [0.25, 0.3) is 0 Å². The van der Waals surface area contributed by atoms with Crippen molar-refractivity contribution in [2.24, 2.45) is 11.8 Å². The summed E-state index contributed by atoms with van der Waals surface area (Å²) in [6, 6.07) is 3.78. The maximum Gasteiger partial charge on any atom is 0.269 e. The zero-order valence-corrected chi connectivity index (χ0v) is 18.3. The van der Waals surface area contributed by atoms with Gasteiger partial charge in [-0.05, 0) is 57.1 Å². The highest BCUT2D eigenvalue weighted by Crippen LogP contribution is 2.36. The molecule has 29 heavy (non-hydrogen) atoms. The number of hydrogen-bond donors (Lipinski definition) is 1. The van der Waals surface area contributed by atoms with Gasteiger partial charge in [0.15, 0.2) is 0 Å². The van der Waals surface area contributed by atoms with E-state index in [2.05, 4.69) is 10.3 Å². The zero-order valence-electron chi connectivity index (χ0n) is 18.3. The molecule has 1 saturated carbocycles. The number of hydrogen-bond acceptors (Lipinski definition) is 5. The molecule has 1 aliphatic rings. The Morgan fingerprint density at radius 1 is 1.07 bits per heavy atom. The zero-order chi connectivity index (χ0) is 21.2. The molecule has 0 aromatic carbocycles. The summed E-state index contributed by atoms with van der Waals surface area (Å²) in [7, 11) is 0. The van der Waals surface area contributed by atoms with Crippen LogP contribution in [0.15, 0.2) is 18.3 Å². The summed E-state index contributed by atoms with van der Waals surface area (Å²) >= 11 is 0. The van der Waals surface area contributed by atoms with Crippen LogP contribution in [0.2, 0.25) is 0 Å². The average molecular weight is 405 g/mol. The van der Waals surface area contributed by atoms with E-state index in [9.17, 15) is 9.59 Å². The molecule has 6 nitrogen and oxygen atoms in total. The molecule has 1 aromatic rings. The predicted octanol–water partition coefficient (Wildman–Crippen LogP) is 3.75. The van der Waals surface area contributed by atoms with E-state index in [1.165, 1.54) is 0 Å². The smallest absolute Gasteiger partial charge is 0.269 e. The molecule has 1 fully saturated rings. The van der Waals surface area contributed by atoms with Crippen LogP contribution < -0.4 is 5.32 Å². The number of nitrogens with zero attached hydrogens (tertiary/aromatic N) is 1. The third kappa shape index (κ3) is 7.86. The van der Waals surface area contributed by atoms with Gasteiger partial charge in [-0.15, -0.1) is 0 Å². The minimum Gasteiger partial charge on any atom is -0.377 e. The lowest BCUT2D eigenvalue weighted by Crippen LogP contribution is -2.28. The standard InChI is InChI=1S/C23H36N2O4/c1-16(2)22(26)19-7-5-18(6-8-19)20-9-10-21(25-15-20)23(27)24-11-12-28-13-14-29-17(3)4/h9-10,15-19H,5-8,11-14H2,1-4H3,(H,24,27). The number of carbonyl (C=O) groups excluding carboxylic acids is 2. The van der Waals surface area contributed by atoms with Gasteiger partial charge in [0.2, 0.25) is 0 Å². The Morgan fingerprint density at radius 2 is 1.79 bits per heavy atom. The first-order valence-electron chi connectivity index (χ1n) is 10.9. The molecule has 1 heterocycles. The molecule has 1 N–H and O–H groups in total. The molecule has 6 heteroatoms. The number of pyridine rings is 1. The van der Waals surface area contributed by atoms with Crippen LogP contribution in [0.4, 0.5) is 0 Å². The van der Waals surface area contributed by atoms with Crippen molar-refractivity contribution in [1.82, 2.24) is 10.3 Å². The highest BCUT2D eigenvalue weighted by atomic mass is 16.5. The van der Waals surface area contributed by atoms with Crippen molar-refractivity contribution in [1.29, 1.82) is 0 Å². The summed E-state index contributed by atoms with van der Waals surface area (Å²) in [5.74, 6) is 0.963. The fourth-order valence-corrected chi connectivity index (χ4v) is 3.74. The van der Waals surface area contributed by atoms with Crippen LogP contribution in [0.3, 0.4) is 0 Å². The molecular weight excluding hydrogens is 368 g/mol. The normalized spacial score (nSPS) is 19.5. The van der Waals surface area contributed by atoms with Crippen LogP contribution in [-0.4, -0.2) is 49.1 Å². The topological polar surface area (TPSA) is 77.5 Å². The molecule has 2 rings (SSSR count). The number of carbonyl (C=O) groups is 2. The van der Waals surface area contributed by atoms with E-state index in [4.69, 9.17) is 9.47 Å². The van der Waals surface area contributed by atoms with Crippen molar-refractivity contribution in [2.45, 2.75) is 65.4 Å². The van der Waals surface area contributed by atoms with Gasteiger partial charge in [-0.25, -0.2) is 0 Å². The quantitative estimate of drug-likeness (QED) is 0.568. The number of ether oxygens (including phenoxy) is 2. The lowest BCUT2D eigenvalue weighted by atomic mass is 9.76. The average Bonchev–Trinajstić information content (AvgIpc) is 2.72. The van der Waals surface area contributed by atoms with Gasteiger partial charge in [0.05, 0.1) is 25.9 Å². The van der Waals surface area contributed by atoms with Crippen LogP contribution >= 0.6 is 0 Å². The van der Waals surface area contributed by atoms with E-state index in [1.807, 2.05) is 40.0 Å². The summed E-state index contributed by atoms with van der Waals surface area (Å²) in [6.45, 7) is 9.90. The Morgan fingerprint density at radius 3 is 2.38 bits per heavy atom. The Balaban J connectivity index is 1.70. The minimum absolute atomic E-state index is 0.120. The second-order valence-corrected chi connectivity index (χ2v) is 8.37. The van der Waals surface area contributed by atoms with Crippen LogP contribution in [0.5, 0.6) is 0 Å². The minimum atomic E-state index is -0.190. The Bertz CT molecular complexity index is 635. The molecule has 0 aliphatic heterocycles. The van der Waals surface area contributed by atoms with Crippen molar-refractivity contribution < 1.29 is 19.1 Å². The van der Waals surface area contributed by atoms with Crippen LogP contribution in [0, 0.1) is 11.8 Å². The first kappa shape index (κ1) is 23.5. The van der Waals surface area contributed by atoms with Gasteiger partial charge in [-0.3, -0.25) is 14.6 Å². The SMILES string of the molecule is CC(C)OCCOCCNC(=O)c1ccc(C2CCC(C(=O)C(C)C)CC2)cn1. The van der Waals surface area contributed by atoms with Crippen LogP contribution in [0.1, 0.15) is 75.3 Å². The molecule has 0 saturated heterocycles. The van der Waals surface area contributed by atoms with Crippen molar-refractivity contribution in [3.05, 3.63) is 29.6 Å². The van der Waals surface area contributed by atoms with E-state index in [0.29, 0.717) is 43.8 Å². The number of nitrogens with one attached hydrogen (secondary N) is 1. The van der Waals surface area contributed by atoms with Gasteiger partial charge in [0, 0.05) is 24.6 Å². The van der Waals surface area contributed by atoms with E-state index in [0.717, 1.165) is 31.2 Å². The molecule has 0 bridgehead atoms. The van der Waals surface area contributed by atoms with Gasteiger partial charge >= 0.3 is 0 Å². The Labute approximate surface area is 174 Å². The first-order valence-corrected chi connectivity index (χ1v) is 10.9. The van der Waals surface area contributed by atoms with Gasteiger partial charge in [-0.2, -0.15) is 0 Å². The molecule has 0 atom stereocenters. The Hall–Kier alpha value is -1.79. The fraction of sp³-hybridized carbons (Fsp3) is 0.696. The van der Waals surface area contributed by atoms with Gasteiger partial charge < -0.3 is 14.8 Å². The van der Waals surface area contributed by atoms with E-state index >= 15 is 0 Å². The second kappa shape index (κ2) is 12.0. The van der Waals surface area contributed by atoms with Crippen LogP contribution in [-0.2, 0) is 14.3 Å². The number of aromatic nitrogens is 1. The maximum atomic E-state index is 12.2. The molecule has 162 valence electrons. The largest absolute Gasteiger partial charge is 0.377 e. The number of rotatable bonds is 11. The van der Waals surface area contributed by atoms with Gasteiger partial charge in [0.25, 0.3) is 5.91 Å². The molecule has 1 aliphatic carbocycles. The second-order valence-electron chi connectivity index (χ2n) is 8.37. The fourth-order valence-electron chi connectivity index (χ4n) is 3.74. The number of amides is 1. The van der Waals surface area contributed by atoms with Crippen molar-refractivity contribution >= 4 is 11.7 Å². The van der Waals surface area contributed by atoms with E-state index < -0.39 is 0 Å². The highest BCUT2D eigenvalue weighted by molar-refractivity contribution is 5.92. The summed E-state index contributed by atoms with van der Waals surface area (Å²) in [4.78, 5) is 28.7. The molecule has 0 radical (unpaired) electrons. The van der Waals surface area contributed by atoms with E-state index in [-0.39, 0.29) is 23.8 Å². The van der Waals surface area contributed by atoms with Crippen molar-refractivity contribution in [2.75, 3.05) is 26.4 Å². The summed E-state index contributed by atoms with van der Waals surface area (Å²) in [5, 5.41) is 2.82. The van der Waals surface area contributed by atoms with Crippen molar-refractivity contribution in [3.8, 4) is 0 Å². The lowest BCUT2D eigenvalue weighted by molar-refractivity contribution is -0.126. The molecule has 1 aromatic heterocycles.